The van der Waals surface area contributed by atoms with Gasteiger partial charge in [-0.3, -0.25) is 14.4 Å². The van der Waals surface area contributed by atoms with E-state index in [1.807, 2.05) is 58.0 Å². The van der Waals surface area contributed by atoms with Gasteiger partial charge in [0.25, 0.3) is 11.7 Å². The molecule has 2 saturated heterocycles. The molecule has 13 atom stereocenters. The van der Waals surface area contributed by atoms with Crippen LogP contribution in [0.25, 0.3) is 10.4 Å². The molecule has 0 aromatic heterocycles. The molecule has 1 aliphatic carbocycles. The second-order valence-electron chi connectivity index (χ2n) is 18.4. The van der Waals surface area contributed by atoms with Gasteiger partial charge in [-0.15, -0.1) is 0 Å². The number of Topliss-reactive ketones (excluding diaryl/α,β-unsaturated/α-hetero) is 2. The van der Waals surface area contributed by atoms with Gasteiger partial charge in [-0.2, -0.15) is 0 Å². The fraction of sp³-hybridized carbons (Fsp3) is 0.708. The van der Waals surface area contributed by atoms with Crippen molar-refractivity contribution in [3.8, 4) is 5.75 Å². The van der Waals surface area contributed by atoms with Crippen molar-refractivity contribution in [3.05, 3.63) is 64.1 Å². The molecule has 3 aliphatic heterocycles. The zero-order chi connectivity index (χ0) is 45.1. The van der Waals surface area contributed by atoms with Crippen molar-refractivity contribution in [1.29, 1.82) is 0 Å². The van der Waals surface area contributed by atoms with Gasteiger partial charge in [0, 0.05) is 43.9 Å². The highest BCUT2D eigenvalue weighted by Crippen LogP contribution is 2.39. The van der Waals surface area contributed by atoms with Gasteiger partial charge >= 0.3 is 5.97 Å². The Morgan fingerprint density at radius 3 is 2.37 bits per heavy atom. The van der Waals surface area contributed by atoms with E-state index in [9.17, 15) is 29.8 Å². The summed E-state index contributed by atoms with van der Waals surface area (Å²) in [6, 6.07) is 7.95. The van der Waals surface area contributed by atoms with Crippen LogP contribution >= 0.6 is 0 Å². The summed E-state index contributed by atoms with van der Waals surface area (Å²) in [4.78, 5) is 61.3. The normalized spacial score (nSPS) is 36.3. The number of cyclic esters (lactones) is 1. The number of hydrogen-bond donors (Lipinski definition) is 1. The highest BCUT2D eigenvalue weighted by atomic mass is 16.7. The third-order valence-electron chi connectivity index (χ3n) is 13.7. The number of allylic oxidation sites excluding steroid dienone is 3. The topological polar surface area (TPSA) is 187 Å². The molecule has 4 aliphatic rings. The summed E-state index contributed by atoms with van der Waals surface area (Å²) >= 11 is 0. The molecule has 1 saturated carbocycles. The lowest BCUT2D eigenvalue weighted by Gasteiger charge is -2.47. The van der Waals surface area contributed by atoms with Crippen molar-refractivity contribution < 1.29 is 48.0 Å². The summed E-state index contributed by atoms with van der Waals surface area (Å²) < 4.78 is 30.7. The number of esters is 1. The SMILES string of the molecule is CCC1C=C(C)CC(C)CC(OC)C2OC(O)(C(=O)C(=O)N3CCCCC3C(=O)OC(C(C)=CC3CCC(Oc4ccccc4)C(N=[N+]=[N-])C3)C(C)CCC1=O)C(C)CC2OC. The Balaban J connectivity index is 1.48. The predicted octanol–water partition coefficient (Wildman–Crippen LogP) is 8.25. The molecule has 0 spiro atoms. The first-order valence-corrected chi connectivity index (χ1v) is 22.8. The number of benzene rings is 1. The summed E-state index contributed by atoms with van der Waals surface area (Å²) in [6.07, 6.45) is 7.28. The molecule has 14 heteroatoms. The zero-order valence-corrected chi connectivity index (χ0v) is 38.1. The summed E-state index contributed by atoms with van der Waals surface area (Å²) in [5, 5.41) is 16.2. The van der Waals surface area contributed by atoms with Crippen molar-refractivity contribution in [2.45, 2.75) is 167 Å². The van der Waals surface area contributed by atoms with Crippen LogP contribution in [0, 0.1) is 29.6 Å². The van der Waals surface area contributed by atoms with Gasteiger partial charge in [-0.1, -0.05) is 68.7 Å². The number of carbonyl (C=O) groups is 4. The van der Waals surface area contributed by atoms with Gasteiger partial charge in [0.05, 0.1) is 18.2 Å². The van der Waals surface area contributed by atoms with E-state index in [1.54, 1.807) is 21.1 Å². The van der Waals surface area contributed by atoms with Crippen LogP contribution in [-0.2, 0) is 38.1 Å². The number of amides is 1. The molecule has 2 bridgehead atoms. The number of ether oxygens (including phenoxy) is 5. The number of methoxy groups -OCH3 is 2. The highest BCUT2D eigenvalue weighted by Gasteiger charge is 2.56. The number of azide groups is 1. The summed E-state index contributed by atoms with van der Waals surface area (Å²) in [5.74, 6) is -5.78. The van der Waals surface area contributed by atoms with E-state index < -0.39 is 65.9 Å². The van der Waals surface area contributed by atoms with Crippen LogP contribution in [0.1, 0.15) is 119 Å². The predicted molar refractivity (Wildman–Crippen MR) is 234 cm³/mol. The Morgan fingerprint density at radius 2 is 1.69 bits per heavy atom. The van der Waals surface area contributed by atoms with E-state index in [-0.39, 0.29) is 61.4 Å². The molecule has 342 valence electrons. The summed E-state index contributed by atoms with van der Waals surface area (Å²) in [6.45, 7) is 11.8. The molecule has 62 heavy (non-hydrogen) atoms. The Labute approximate surface area is 367 Å². The highest BCUT2D eigenvalue weighted by molar-refractivity contribution is 6.39. The number of hydrogen-bond acceptors (Lipinski definition) is 11. The standard InChI is InChI=1S/C48H70N4O10/c1-9-35-24-29(2)23-30(3)25-41(58-7)44-42(59-8)27-33(6)48(57,62-44)45(54)46(55)52-22-14-13-17-38(52)47(56)61-43(31(4)18-20-39(35)53)32(5)26-34-19-21-40(37(28-34)50-51-49)60-36-15-11-10-12-16-36/h10-12,15-16,24,26,30-31,33-35,37-38,40-44,57H,9,13-14,17-23,25,27-28H2,1-8H3. The molecule has 1 amide bonds. The van der Waals surface area contributed by atoms with E-state index in [0.29, 0.717) is 57.1 Å². The second kappa shape index (κ2) is 22.5. The largest absolute Gasteiger partial charge is 0.490 e. The van der Waals surface area contributed by atoms with Crippen molar-refractivity contribution in [1.82, 2.24) is 4.90 Å². The quantitative estimate of drug-likeness (QED) is 0.0666. The summed E-state index contributed by atoms with van der Waals surface area (Å²) in [5.41, 5.74) is 11.3. The Kier molecular flexibility index (Phi) is 17.8. The second-order valence-corrected chi connectivity index (χ2v) is 18.4. The molecule has 3 fully saturated rings. The van der Waals surface area contributed by atoms with Crippen LogP contribution in [0.2, 0.25) is 0 Å². The first-order valence-electron chi connectivity index (χ1n) is 22.8. The third-order valence-corrected chi connectivity index (χ3v) is 13.7. The number of piperidine rings is 1. The molecule has 3 heterocycles. The van der Waals surface area contributed by atoms with Gasteiger partial charge in [0.15, 0.2) is 0 Å². The third kappa shape index (κ3) is 11.9. The maximum absolute atomic E-state index is 14.4. The fourth-order valence-electron chi connectivity index (χ4n) is 10.1. The average Bonchev–Trinajstić information content (AvgIpc) is 3.26. The van der Waals surface area contributed by atoms with Crippen LogP contribution in [0.4, 0.5) is 0 Å². The van der Waals surface area contributed by atoms with Crippen molar-refractivity contribution in [2.24, 2.45) is 34.7 Å². The minimum Gasteiger partial charge on any atom is -0.490 e. The van der Waals surface area contributed by atoms with Crippen LogP contribution in [0.15, 0.2) is 58.7 Å². The summed E-state index contributed by atoms with van der Waals surface area (Å²) in [7, 11) is 3.10. The van der Waals surface area contributed by atoms with E-state index in [4.69, 9.17) is 23.7 Å². The van der Waals surface area contributed by atoms with Gasteiger partial charge in [0.2, 0.25) is 5.79 Å². The number of aliphatic hydroxyl groups is 1. The number of para-hydroxylation sites is 1. The number of rotatable bonds is 8. The lowest BCUT2D eigenvalue weighted by Crippen LogP contribution is -2.64. The molecule has 5 rings (SSSR count). The molecule has 1 aromatic rings. The Bertz CT molecular complexity index is 1810. The maximum Gasteiger partial charge on any atom is 0.329 e. The number of fused-ring (bicyclic) bond motifs is 3. The average molecular weight is 863 g/mol. The Hall–Kier alpha value is -4.07. The molecular weight excluding hydrogens is 793 g/mol. The number of nitrogens with zero attached hydrogens (tertiary/aromatic N) is 4. The van der Waals surface area contributed by atoms with E-state index >= 15 is 0 Å². The van der Waals surface area contributed by atoms with Crippen LogP contribution < -0.4 is 4.74 Å². The molecule has 1 aromatic carbocycles. The Morgan fingerprint density at radius 1 is 0.984 bits per heavy atom. The number of carbonyl (C=O) groups excluding carboxylic acids is 4. The molecule has 0 radical (unpaired) electrons. The van der Waals surface area contributed by atoms with Crippen molar-refractivity contribution in [2.75, 3.05) is 20.8 Å². The molecule has 13 unspecified atom stereocenters. The van der Waals surface area contributed by atoms with Crippen molar-refractivity contribution in [3.63, 3.8) is 0 Å². The minimum atomic E-state index is -2.49. The lowest BCUT2D eigenvalue weighted by molar-refractivity contribution is -0.302. The van der Waals surface area contributed by atoms with E-state index in [2.05, 4.69) is 29.1 Å². The first-order chi connectivity index (χ1) is 29.6. The maximum atomic E-state index is 14.4. The van der Waals surface area contributed by atoms with Crippen molar-refractivity contribution >= 4 is 23.4 Å². The number of ketones is 2. The zero-order valence-electron chi connectivity index (χ0n) is 38.1. The van der Waals surface area contributed by atoms with Crippen LogP contribution in [0.5, 0.6) is 5.75 Å². The monoisotopic (exact) mass is 863 g/mol. The van der Waals surface area contributed by atoms with Gasteiger partial charge in [-0.05, 0) is 125 Å². The molecular formula is C48H70N4O10. The molecule has 1 N–H and O–H groups in total. The first kappa shape index (κ1) is 49.0. The lowest BCUT2D eigenvalue weighted by atomic mass is 9.81. The van der Waals surface area contributed by atoms with Gasteiger partial charge in [-0.25, -0.2) is 4.79 Å². The van der Waals surface area contributed by atoms with E-state index in [0.717, 1.165) is 17.6 Å². The fourth-order valence-corrected chi connectivity index (χ4v) is 10.1. The van der Waals surface area contributed by atoms with Crippen LogP contribution in [-0.4, -0.2) is 103 Å². The van der Waals surface area contributed by atoms with Crippen LogP contribution in [0.3, 0.4) is 0 Å². The smallest absolute Gasteiger partial charge is 0.329 e. The van der Waals surface area contributed by atoms with Gasteiger partial charge in [0.1, 0.15) is 35.9 Å². The molecule has 14 nitrogen and oxygen atoms in total. The van der Waals surface area contributed by atoms with E-state index in [1.165, 1.54) is 4.90 Å². The minimum absolute atomic E-state index is 0.0124. The van der Waals surface area contributed by atoms with Gasteiger partial charge < -0.3 is 33.7 Å².